The van der Waals surface area contributed by atoms with Gasteiger partial charge in [-0.3, -0.25) is 14.4 Å². The Labute approximate surface area is 192 Å². The number of aliphatic hydroxyl groups excluding tert-OH is 1. The fourth-order valence-electron chi connectivity index (χ4n) is 5.01. The lowest BCUT2D eigenvalue weighted by Crippen LogP contribution is -2.44. The molecule has 0 aromatic rings. The lowest BCUT2D eigenvalue weighted by molar-refractivity contribution is -0.154. The predicted molar refractivity (Wildman–Crippen MR) is 111 cm³/mol. The van der Waals surface area contributed by atoms with Gasteiger partial charge in [-0.25, -0.2) is 4.79 Å². The molecule has 2 aliphatic heterocycles. The third kappa shape index (κ3) is 5.73. The van der Waals surface area contributed by atoms with Gasteiger partial charge in [0.05, 0.1) is 23.7 Å². The van der Waals surface area contributed by atoms with Crippen LogP contribution < -0.4 is 0 Å². The zero-order chi connectivity index (χ0) is 24.5. The minimum atomic E-state index is -0.844. The molecule has 1 N–H and O–H groups in total. The number of esters is 4. The molecule has 8 atom stereocenters. The third-order valence-electron chi connectivity index (χ3n) is 6.54. The summed E-state index contributed by atoms with van der Waals surface area (Å²) in [6.07, 6.45) is -1.20. The molecule has 10 nitrogen and oxygen atoms in total. The first-order valence-electron chi connectivity index (χ1n) is 11.1. The van der Waals surface area contributed by atoms with E-state index in [0.717, 1.165) is 0 Å². The van der Waals surface area contributed by atoms with E-state index >= 15 is 0 Å². The Morgan fingerprint density at radius 3 is 2.48 bits per heavy atom. The molecule has 0 bridgehead atoms. The van der Waals surface area contributed by atoms with Gasteiger partial charge in [-0.15, -0.1) is 0 Å². The zero-order valence-corrected chi connectivity index (χ0v) is 19.4. The average molecular weight is 468 g/mol. The largest absolute Gasteiger partial charge is 0.465 e. The molecule has 0 aromatic carbocycles. The van der Waals surface area contributed by atoms with E-state index in [2.05, 4.69) is 6.58 Å². The first kappa shape index (κ1) is 25.2. The van der Waals surface area contributed by atoms with Crippen LogP contribution in [0.25, 0.3) is 0 Å². The first-order chi connectivity index (χ1) is 15.4. The minimum absolute atomic E-state index is 0.0702. The molecular formula is C23H32O10. The van der Waals surface area contributed by atoms with Gasteiger partial charge in [0.2, 0.25) is 0 Å². The van der Waals surface area contributed by atoms with Gasteiger partial charge >= 0.3 is 23.9 Å². The van der Waals surface area contributed by atoms with Crippen molar-refractivity contribution in [1.82, 2.24) is 0 Å². The molecule has 3 aliphatic rings. The van der Waals surface area contributed by atoms with Crippen LogP contribution >= 0.6 is 0 Å². The maximum atomic E-state index is 12.8. The Morgan fingerprint density at radius 1 is 1.18 bits per heavy atom. The third-order valence-corrected chi connectivity index (χ3v) is 6.54. The highest BCUT2D eigenvalue weighted by Crippen LogP contribution is 2.51. The Kier molecular flexibility index (Phi) is 7.48. The average Bonchev–Trinajstić information content (AvgIpc) is 3.25. The molecule has 2 saturated heterocycles. The molecular weight excluding hydrogens is 436 g/mol. The van der Waals surface area contributed by atoms with Crippen LogP contribution in [0.3, 0.4) is 0 Å². The van der Waals surface area contributed by atoms with Crippen molar-refractivity contribution in [3.8, 4) is 0 Å². The predicted octanol–water partition coefficient (Wildman–Crippen LogP) is 1.08. The lowest BCUT2D eigenvalue weighted by atomic mass is 9.76. The summed E-state index contributed by atoms with van der Waals surface area (Å²) in [5.74, 6) is -3.84. The van der Waals surface area contributed by atoms with Crippen molar-refractivity contribution >= 4 is 23.9 Å². The second-order valence-electron chi connectivity index (χ2n) is 9.46. The highest BCUT2D eigenvalue weighted by molar-refractivity contribution is 5.88. The molecule has 0 spiro atoms. The first-order valence-corrected chi connectivity index (χ1v) is 11.1. The number of fused-ring (bicyclic) bond motifs is 3. The molecule has 1 aliphatic carbocycles. The Hall–Kier alpha value is -2.46. The molecule has 2 heterocycles. The smallest absolute Gasteiger partial charge is 0.336 e. The van der Waals surface area contributed by atoms with Gasteiger partial charge in [0, 0.05) is 20.3 Å². The summed E-state index contributed by atoms with van der Waals surface area (Å²) in [7, 11) is 0. The van der Waals surface area contributed by atoms with E-state index in [1.807, 2.05) is 13.8 Å². The molecule has 10 heteroatoms. The number of hydrogen-bond donors (Lipinski definition) is 1. The maximum Gasteiger partial charge on any atom is 0.336 e. The van der Waals surface area contributed by atoms with E-state index in [0.29, 0.717) is 19.3 Å². The van der Waals surface area contributed by atoms with Gasteiger partial charge in [-0.2, -0.15) is 0 Å². The Bertz CT molecular complexity index is 822. The van der Waals surface area contributed by atoms with E-state index in [4.69, 9.17) is 23.7 Å². The van der Waals surface area contributed by atoms with Crippen LogP contribution in [0, 0.1) is 17.8 Å². The zero-order valence-electron chi connectivity index (χ0n) is 19.4. The summed E-state index contributed by atoms with van der Waals surface area (Å²) in [5, 5.41) is 9.29. The Balaban J connectivity index is 1.95. The molecule has 184 valence electrons. The normalized spacial score (nSPS) is 37.6. The monoisotopic (exact) mass is 468 g/mol. The SMILES string of the molecule is C=C(CO)C(=O)OC1C[C@H](C)C[C@@H](OC(C)=O)C[C@@]2(C)O[C@@H]2[C@H]2OC(=O)C(COC(C)=O)[C@H]12. The van der Waals surface area contributed by atoms with E-state index in [-0.39, 0.29) is 18.1 Å². The van der Waals surface area contributed by atoms with Gasteiger partial charge in [0.25, 0.3) is 0 Å². The number of ether oxygens (including phenoxy) is 5. The van der Waals surface area contributed by atoms with Crippen LogP contribution in [-0.4, -0.2) is 72.2 Å². The van der Waals surface area contributed by atoms with Gasteiger partial charge in [0.15, 0.2) is 0 Å². The molecule has 0 amide bonds. The standard InChI is InChI=1S/C23H32O10/c1-11-6-15(30-14(4)26)8-23(5)20(33-23)19-18(16(22(28)32-19)10-29-13(3)25)17(7-11)31-21(27)12(2)9-24/h11,15-20,24H,2,6-10H2,1,3-5H3/t11-,15-,16?,17?,18-,19+,20-,23-/m1/s1. The highest BCUT2D eigenvalue weighted by Gasteiger charge is 2.66. The number of hydrogen-bond acceptors (Lipinski definition) is 10. The number of carbonyl (C=O) groups excluding carboxylic acids is 4. The maximum absolute atomic E-state index is 12.8. The highest BCUT2D eigenvalue weighted by atomic mass is 16.7. The topological polar surface area (TPSA) is 138 Å². The number of aliphatic hydroxyl groups is 1. The minimum Gasteiger partial charge on any atom is -0.465 e. The lowest BCUT2D eigenvalue weighted by Gasteiger charge is -2.33. The van der Waals surface area contributed by atoms with Crippen LogP contribution in [0.4, 0.5) is 0 Å². The fourth-order valence-corrected chi connectivity index (χ4v) is 5.01. The van der Waals surface area contributed by atoms with Crippen molar-refractivity contribution in [2.75, 3.05) is 13.2 Å². The quantitative estimate of drug-likeness (QED) is 0.261. The van der Waals surface area contributed by atoms with Crippen molar-refractivity contribution < 1.29 is 48.0 Å². The number of epoxide rings is 1. The van der Waals surface area contributed by atoms with Crippen molar-refractivity contribution in [3.63, 3.8) is 0 Å². The van der Waals surface area contributed by atoms with Gasteiger partial charge in [-0.05, 0) is 25.7 Å². The fraction of sp³-hybridized carbons (Fsp3) is 0.739. The van der Waals surface area contributed by atoms with E-state index in [9.17, 15) is 24.3 Å². The van der Waals surface area contributed by atoms with Crippen LogP contribution in [0.1, 0.15) is 47.0 Å². The molecule has 33 heavy (non-hydrogen) atoms. The van der Waals surface area contributed by atoms with Gasteiger partial charge in [-0.1, -0.05) is 13.5 Å². The van der Waals surface area contributed by atoms with Crippen molar-refractivity contribution in [1.29, 1.82) is 0 Å². The number of carbonyl (C=O) groups is 4. The second kappa shape index (κ2) is 9.80. The van der Waals surface area contributed by atoms with E-state index in [1.165, 1.54) is 13.8 Å². The molecule has 1 saturated carbocycles. The van der Waals surface area contributed by atoms with Gasteiger partial charge in [0.1, 0.15) is 36.9 Å². The van der Waals surface area contributed by atoms with Gasteiger partial charge < -0.3 is 28.8 Å². The summed E-state index contributed by atoms with van der Waals surface area (Å²) in [4.78, 5) is 48.4. The number of rotatable bonds is 6. The van der Waals surface area contributed by atoms with Crippen LogP contribution in [-0.2, 0) is 42.9 Å². The van der Waals surface area contributed by atoms with Crippen LogP contribution in [0.5, 0.6) is 0 Å². The molecule has 0 radical (unpaired) electrons. The summed E-state index contributed by atoms with van der Waals surface area (Å²) in [6.45, 7) is 9.12. The molecule has 0 aromatic heterocycles. The van der Waals surface area contributed by atoms with E-state index < -0.39 is 72.3 Å². The summed E-state index contributed by atoms with van der Waals surface area (Å²) >= 11 is 0. The van der Waals surface area contributed by atoms with Crippen molar-refractivity contribution in [3.05, 3.63) is 12.2 Å². The summed E-state index contributed by atoms with van der Waals surface area (Å²) < 4.78 is 28.0. The van der Waals surface area contributed by atoms with Crippen molar-refractivity contribution in [2.24, 2.45) is 17.8 Å². The Morgan fingerprint density at radius 2 is 1.88 bits per heavy atom. The molecule has 3 fully saturated rings. The summed E-state index contributed by atoms with van der Waals surface area (Å²) in [6, 6.07) is 0. The summed E-state index contributed by atoms with van der Waals surface area (Å²) in [5.41, 5.74) is -0.816. The van der Waals surface area contributed by atoms with E-state index in [1.54, 1.807) is 0 Å². The second-order valence-corrected chi connectivity index (χ2v) is 9.46. The van der Waals surface area contributed by atoms with Crippen molar-refractivity contribution in [2.45, 2.75) is 77.0 Å². The molecule has 3 rings (SSSR count). The van der Waals surface area contributed by atoms with Crippen LogP contribution in [0.15, 0.2) is 12.2 Å². The molecule has 2 unspecified atom stereocenters. The van der Waals surface area contributed by atoms with Crippen LogP contribution in [0.2, 0.25) is 0 Å².